The Hall–Kier alpha value is -0.900. The van der Waals surface area contributed by atoms with E-state index >= 15 is 0 Å². The van der Waals surface area contributed by atoms with Crippen molar-refractivity contribution in [2.75, 3.05) is 0 Å². The van der Waals surface area contributed by atoms with Gasteiger partial charge < -0.3 is 5.73 Å². The number of H-pyrrole nitrogens is 1. The molecule has 2 unspecified atom stereocenters. The molecule has 0 aliphatic heterocycles. The molecule has 0 amide bonds. The highest BCUT2D eigenvalue weighted by atomic mass is 15.2. The maximum Gasteiger partial charge on any atom is 0.137 e. The quantitative estimate of drug-likeness (QED) is 0.612. The molecule has 4 heteroatoms. The monoisotopic (exact) mass is 152 g/mol. The minimum Gasteiger partial charge on any atom is -0.328 e. The first kappa shape index (κ1) is 6.79. The van der Waals surface area contributed by atoms with Crippen LogP contribution in [0.25, 0.3) is 0 Å². The second kappa shape index (κ2) is 2.62. The molecule has 0 bridgehead atoms. The molecule has 1 heterocycles. The molecule has 1 aromatic rings. The minimum absolute atomic E-state index is 0.366. The second-order valence-corrected chi connectivity index (χ2v) is 3.14. The maximum absolute atomic E-state index is 5.77. The zero-order valence-electron chi connectivity index (χ0n) is 6.33. The molecule has 0 aromatic carbocycles. The molecular weight excluding hydrogens is 140 g/mol. The molecule has 1 aliphatic carbocycles. The smallest absolute Gasteiger partial charge is 0.137 e. The van der Waals surface area contributed by atoms with E-state index in [-0.39, 0.29) is 0 Å². The Bertz CT molecular complexity index is 218. The molecule has 1 aliphatic rings. The molecule has 1 saturated carbocycles. The van der Waals surface area contributed by atoms with Crippen LogP contribution in [-0.2, 0) is 0 Å². The molecule has 1 fully saturated rings. The third kappa shape index (κ3) is 1.26. The van der Waals surface area contributed by atoms with Gasteiger partial charge in [0, 0.05) is 12.0 Å². The Kier molecular flexibility index (Phi) is 1.62. The van der Waals surface area contributed by atoms with Crippen molar-refractivity contribution < 1.29 is 0 Å². The van der Waals surface area contributed by atoms with Gasteiger partial charge in [0.05, 0.1) is 0 Å². The summed E-state index contributed by atoms with van der Waals surface area (Å²) in [6.45, 7) is 0. The molecule has 4 nitrogen and oxygen atoms in total. The number of nitrogens with zero attached hydrogens (tertiary/aromatic N) is 2. The van der Waals surface area contributed by atoms with E-state index in [0.717, 1.165) is 25.1 Å². The van der Waals surface area contributed by atoms with Gasteiger partial charge in [-0.1, -0.05) is 0 Å². The van der Waals surface area contributed by atoms with Crippen LogP contribution < -0.4 is 5.73 Å². The Labute approximate surface area is 65.2 Å². The van der Waals surface area contributed by atoms with Crippen LogP contribution >= 0.6 is 0 Å². The van der Waals surface area contributed by atoms with Crippen LogP contribution in [0.3, 0.4) is 0 Å². The highest BCUT2D eigenvalue weighted by Crippen LogP contribution is 2.30. The summed E-state index contributed by atoms with van der Waals surface area (Å²) in [5, 5.41) is 6.70. The largest absolute Gasteiger partial charge is 0.328 e. The van der Waals surface area contributed by atoms with Crippen LogP contribution in [-0.4, -0.2) is 21.2 Å². The van der Waals surface area contributed by atoms with Gasteiger partial charge in [-0.15, -0.1) is 0 Å². The van der Waals surface area contributed by atoms with E-state index in [9.17, 15) is 0 Å². The van der Waals surface area contributed by atoms with E-state index in [1.807, 2.05) is 0 Å². The van der Waals surface area contributed by atoms with E-state index < -0.39 is 0 Å². The van der Waals surface area contributed by atoms with Crippen molar-refractivity contribution in [3.63, 3.8) is 0 Å². The van der Waals surface area contributed by atoms with Crippen LogP contribution in [0.4, 0.5) is 0 Å². The summed E-state index contributed by atoms with van der Waals surface area (Å²) in [4.78, 5) is 4.11. The lowest BCUT2D eigenvalue weighted by molar-refractivity contribution is 0.645. The Morgan fingerprint density at radius 2 is 2.45 bits per heavy atom. The van der Waals surface area contributed by atoms with E-state index in [2.05, 4.69) is 15.2 Å². The third-order valence-electron chi connectivity index (χ3n) is 2.29. The third-order valence-corrected chi connectivity index (χ3v) is 2.29. The van der Waals surface area contributed by atoms with E-state index in [1.54, 1.807) is 6.33 Å². The first-order valence-electron chi connectivity index (χ1n) is 3.97. The van der Waals surface area contributed by atoms with Gasteiger partial charge in [-0.25, -0.2) is 4.98 Å². The molecule has 3 N–H and O–H groups in total. The molecule has 1 aromatic heterocycles. The zero-order valence-corrected chi connectivity index (χ0v) is 6.33. The van der Waals surface area contributed by atoms with Crippen LogP contribution in [0.1, 0.15) is 31.0 Å². The average molecular weight is 152 g/mol. The van der Waals surface area contributed by atoms with E-state index in [4.69, 9.17) is 5.73 Å². The number of nitrogens with one attached hydrogen (secondary N) is 1. The van der Waals surface area contributed by atoms with Gasteiger partial charge in [-0.3, -0.25) is 5.10 Å². The highest BCUT2D eigenvalue weighted by Gasteiger charge is 2.24. The lowest BCUT2D eigenvalue weighted by atomic mass is 10.1. The van der Waals surface area contributed by atoms with Gasteiger partial charge in [-0.05, 0) is 19.3 Å². The fourth-order valence-corrected chi connectivity index (χ4v) is 1.68. The van der Waals surface area contributed by atoms with Crippen molar-refractivity contribution in [2.24, 2.45) is 5.73 Å². The van der Waals surface area contributed by atoms with Crippen LogP contribution in [0.15, 0.2) is 6.33 Å². The van der Waals surface area contributed by atoms with Gasteiger partial charge in [0.25, 0.3) is 0 Å². The number of rotatable bonds is 1. The topological polar surface area (TPSA) is 67.6 Å². The maximum atomic E-state index is 5.77. The summed E-state index contributed by atoms with van der Waals surface area (Å²) in [5.74, 6) is 1.52. The van der Waals surface area contributed by atoms with Crippen molar-refractivity contribution in [1.82, 2.24) is 15.2 Å². The summed E-state index contributed by atoms with van der Waals surface area (Å²) in [6.07, 6.45) is 4.87. The molecule has 11 heavy (non-hydrogen) atoms. The lowest BCUT2D eigenvalue weighted by Gasteiger charge is -2.03. The number of aromatic amines is 1. The van der Waals surface area contributed by atoms with Gasteiger partial charge in [-0.2, -0.15) is 5.10 Å². The van der Waals surface area contributed by atoms with Crippen molar-refractivity contribution in [1.29, 1.82) is 0 Å². The number of hydrogen-bond donors (Lipinski definition) is 2. The number of hydrogen-bond acceptors (Lipinski definition) is 3. The van der Waals surface area contributed by atoms with E-state index in [0.29, 0.717) is 12.0 Å². The van der Waals surface area contributed by atoms with Gasteiger partial charge in [0.2, 0.25) is 0 Å². The Morgan fingerprint density at radius 1 is 1.55 bits per heavy atom. The fraction of sp³-hybridized carbons (Fsp3) is 0.714. The predicted molar refractivity (Wildman–Crippen MR) is 41.0 cm³/mol. The molecule has 0 radical (unpaired) electrons. The average Bonchev–Trinajstić information content (AvgIpc) is 2.55. The fourth-order valence-electron chi connectivity index (χ4n) is 1.68. The summed E-state index contributed by atoms with van der Waals surface area (Å²) < 4.78 is 0. The molecule has 0 spiro atoms. The second-order valence-electron chi connectivity index (χ2n) is 3.14. The summed E-state index contributed by atoms with van der Waals surface area (Å²) in [7, 11) is 0. The van der Waals surface area contributed by atoms with Gasteiger partial charge in [0.15, 0.2) is 0 Å². The van der Waals surface area contributed by atoms with Crippen molar-refractivity contribution in [2.45, 2.75) is 31.2 Å². The first-order chi connectivity index (χ1) is 5.36. The van der Waals surface area contributed by atoms with Crippen molar-refractivity contribution in [3.8, 4) is 0 Å². The molecule has 2 rings (SSSR count). The number of nitrogens with two attached hydrogens (primary N) is 1. The normalized spacial score (nSPS) is 31.0. The van der Waals surface area contributed by atoms with Crippen molar-refractivity contribution in [3.05, 3.63) is 12.2 Å². The highest BCUT2D eigenvalue weighted by molar-refractivity contribution is 4.98. The molecular formula is C7H12N4. The molecule has 0 saturated heterocycles. The summed E-state index contributed by atoms with van der Waals surface area (Å²) in [5.41, 5.74) is 5.77. The van der Waals surface area contributed by atoms with Crippen molar-refractivity contribution >= 4 is 0 Å². The van der Waals surface area contributed by atoms with Crippen LogP contribution in [0.2, 0.25) is 0 Å². The van der Waals surface area contributed by atoms with Crippen LogP contribution in [0.5, 0.6) is 0 Å². The Morgan fingerprint density at radius 3 is 3.00 bits per heavy atom. The SMILES string of the molecule is NC1CCC(c2ncn[nH]2)C1. The molecule has 60 valence electrons. The zero-order chi connectivity index (χ0) is 7.68. The number of aromatic nitrogens is 3. The van der Waals surface area contributed by atoms with E-state index in [1.165, 1.54) is 0 Å². The minimum atomic E-state index is 0.366. The first-order valence-corrected chi connectivity index (χ1v) is 3.97. The van der Waals surface area contributed by atoms with Crippen LogP contribution in [0, 0.1) is 0 Å². The summed E-state index contributed by atoms with van der Waals surface area (Å²) in [6, 6.07) is 0.366. The van der Waals surface area contributed by atoms with Gasteiger partial charge >= 0.3 is 0 Å². The molecule has 2 atom stereocenters. The van der Waals surface area contributed by atoms with Gasteiger partial charge in [0.1, 0.15) is 12.2 Å². The Balaban J connectivity index is 2.08. The lowest BCUT2D eigenvalue weighted by Crippen LogP contribution is -2.14. The predicted octanol–water partition coefficient (Wildman–Crippen LogP) is 0.399. The summed E-state index contributed by atoms with van der Waals surface area (Å²) >= 11 is 0. The standard InChI is InChI=1S/C7H12N4/c8-6-2-1-5(3-6)7-9-4-10-11-7/h4-6H,1-3,8H2,(H,9,10,11).